The summed E-state index contributed by atoms with van der Waals surface area (Å²) in [5, 5.41) is 0.887. The third-order valence-corrected chi connectivity index (χ3v) is 2.13. The Hall–Kier alpha value is -0.970. The summed E-state index contributed by atoms with van der Waals surface area (Å²) in [7, 11) is 0. The van der Waals surface area contributed by atoms with Crippen molar-refractivity contribution in [2.75, 3.05) is 13.2 Å². The van der Waals surface area contributed by atoms with Crippen LogP contribution in [0.2, 0.25) is 10.0 Å². The molecule has 6 heteroatoms. The molecule has 0 unspecified atom stereocenters. The summed E-state index contributed by atoms with van der Waals surface area (Å²) in [6.45, 7) is 1.97. The highest BCUT2D eigenvalue weighted by Gasteiger charge is 2.06. The molecule has 0 aromatic heterocycles. The molecule has 0 radical (unpaired) electrons. The average Bonchev–Trinajstić information content (AvgIpc) is 2.27. The van der Waals surface area contributed by atoms with Gasteiger partial charge in [-0.25, -0.2) is 5.48 Å². The Morgan fingerprint density at radius 2 is 2.19 bits per heavy atom. The van der Waals surface area contributed by atoms with Gasteiger partial charge < -0.3 is 4.74 Å². The molecule has 4 nitrogen and oxygen atoms in total. The SMILES string of the molecule is CCONC(=O)COc1cc(Cl)ccc1Cl. The number of benzene rings is 1. The van der Waals surface area contributed by atoms with Gasteiger partial charge in [-0.05, 0) is 19.1 Å². The maximum Gasteiger partial charge on any atom is 0.281 e. The molecule has 0 aliphatic heterocycles. The van der Waals surface area contributed by atoms with Crippen LogP contribution >= 0.6 is 23.2 Å². The first-order valence-corrected chi connectivity index (χ1v) is 5.37. The summed E-state index contributed by atoms with van der Waals surface area (Å²) < 4.78 is 5.17. The molecular weight excluding hydrogens is 253 g/mol. The summed E-state index contributed by atoms with van der Waals surface area (Å²) in [6.07, 6.45) is 0. The van der Waals surface area contributed by atoms with Gasteiger partial charge in [-0.15, -0.1) is 0 Å². The van der Waals surface area contributed by atoms with Crippen molar-refractivity contribution in [1.29, 1.82) is 0 Å². The van der Waals surface area contributed by atoms with Gasteiger partial charge in [0.2, 0.25) is 0 Å². The molecule has 0 bridgehead atoms. The number of rotatable bonds is 5. The zero-order valence-corrected chi connectivity index (χ0v) is 10.1. The molecule has 0 aliphatic carbocycles. The van der Waals surface area contributed by atoms with Crippen LogP contribution in [0.15, 0.2) is 18.2 Å². The molecule has 0 aliphatic rings. The lowest BCUT2D eigenvalue weighted by atomic mass is 10.3. The fourth-order valence-corrected chi connectivity index (χ4v) is 1.25. The summed E-state index contributed by atoms with van der Waals surface area (Å²) in [6, 6.07) is 4.77. The predicted molar refractivity (Wildman–Crippen MR) is 61.7 cm³/mol. The van der Waals surface area contributed by atoms with E-state index >= 15 is 0 Å². The predicted octanol–water partition coefficient (Wildman–Crippen LogP) is 2.44. The first kappa shape index (κ1) is 13.1. The van der Waals surface area contributed by atoms with Gasteiger partial charge in [0.25, 0.3) is 5.91 Å². The van der Waals surface area contributed by atoms with E-state index in [1.807, 2.05) is 0 Å². The first-order chi connectivity index (χ1) is 7.63. The highest BCUT2D eigenvalue weighted by Crippen LogP contribution is 2.27. The highest BCUT2D eigenvalue weighted by atomic mass is 35.5. The summed E-state index contributed by atoms with van der Waals surface area (Å²) in [5.74, 6) is -0.0290. The number of hydrogen-bond donors (Lipinski definition) is 1. The zero-order chi connectivity index (χ0) is 12.0. The van der Waals surface area contributed by atoms with Crippen LogP contribution < -0.4 is 10.2 Å². The molecule has 88 valence electrons. The van der Waals surface area contributed by atoms with Crippen molar-refractivity contribution in [2.24, 2.45) is 0 Å². The van der Waals surface area contributed by atoms with E-state index in [0.29, 0.717) is 22.4 Å². The standard InChI is InChI=1S/C10H11Cl2NO3/c1-2-16-13-10(14)6-15-9-5-7(11)3-4-8(9)12/h3-5H,2,6H2,1H3,(H,13,14). The molecule has 0 atom stereocenters. The van der Waals surface area contributed by atoms with E-state index < -0.39 is 5.91 Å². The summed E-state index contributed by atoms with van der Waals surface area (Å²) in [5.41, 5.74) is 2.20. The fraction of sp³-hybridized carbons (Fsp3) is 0.300. The van der Waals surface area contributed by atoms with Crippen molar-refractivity contribution in [1.82, 2.24) is 5.48 Å². The van der Waals surface area contributed by atoms with E-state index in [1.165, 1.54) is 6.07 Å². The number of carbonyl (C=O) groups excluding carboxylic acids is 1. The molecule has 0 spiro atoms. The lowest BCUT2D eigenvalue weighted by Crippen LogP contribution is -2.29. The minimum atomic E-state index is -0.391. The fourth-order valence-electron chi connectivity index (χ4n) is 0.913. The van der Waals surface area contributed by atoms with Crippen LogP contribution in [0.25, 0.3) is 0 Å². The van der Waals surface area contributed by atoms with Crippen molar-refractivity contribution in [2.45, 2.75) is 6.92 Å². The Kier molecular flexibility index (Phi) is 5.38. The second kappa shape index (κ2) is 6.58. The van der Waals surface area contributed by atoms with Gasteiger partial charge in [0, 0.05) is 11.1 Å². The minimum Gasteiger partial charge on any atom is -0.482 e. The smallest absolute Gasteiger partial charge is 0.281 e. The summed E-state index contributed by atoms with van der Waals surface area (Å²) >= 11 is 11.6. The normalized spacial score (nSPS) is 9.94. The molecule has 1 amide bonds. The minimum absolute atomic E-state index is 0.180. The van der Waals surface area contributed by atoms with Crippen LogP contribution in [0.5, 0.6) is 5.75 Å². The molecule has 0 heterocycles. The molecular formula is C10H11Cl2NO3. The molecule has 1 aromatic rings. The van der Waals surface area contributed by atoms with Crippen LogP contribution in [-0.2, 0) is 9.63 Å². The summed E-state index contributed by atoms with van der Waals surface area (Å²) in [4.78, 5) is 15.8. The largest absolute Gasteiger partial charge is 0.482 e. The van der Waals surface area contributed by atoms with Crippen LogP contribution in [0.1, 0.15) is 6.92 Å². The average molecular weight is 264 g/mol. The number of carbonyl (C=O) groups is 1. The lowest BCUT2D eigenvalue weighted by Gasteiger charge is -2.08. The second-order valence-electron chi connectivity index (χ2n) is 2.82. The van der Waals surface area contributed by atoms with Crippen molar-refractivity contribution < 1.29 is 14.4 Å². The zero-order valence-electron chi connectivity index (χ0n) is 8.63. The number of amides is 1. The molecule has 1 N–H and O–H groups in total. The van der Waals surface area contributed by atoms with Crippen LogP contribution in [-0.4, -0.2) is 19.1 Å². The van der Waals surface area contributed by atoms with Gasteiger partial charge in [0.15, 0.2) is 6.61 Å². The Labute approximate surface area is 103 Å². The topological polar surface area (TPSA) is 47.6 Å². The van der Waals surface area contributed by atoms with Crippen molar-refractivity contribution >= 4 is 29.1 Å². The van der Waals surface area contributed by atoms with Gasteiger partial charge in [-0.2, -0.15) is 0 Å². The lowest BCUT2D eigenvalue weighted by molar-refractivity contribution is -0.135. The maximum atomic E-state index is 11.1. The van der Waals surface area contributed by atoms with Gasteiger partial charge in [-0.1, -0.05) is 23.2 Å². The number of ether oxygens (including phenoxy) is 1. The van der Waals surface area contributed by atoms with E-state index in [1.54, 1.807) is 19.1 Å². The van der Waals surface area contributed by atoms with Crippen LogP contribution in [0.3, 0.4) is 0 Å². The van der Waals surface area contributed by atoms with Gasteiger partial charge in [0.05, 0.1) is 11.6 Å². The van der Waals surface area contributed by atoms with E-state index in [-0.39, 0.29) is 6.61 Å². The van der Waals surface area contributed by atoms with Gasteiger partial charge in [-0.3, -0.25) is 9.63 Å². The number of halogens is 2. The third kappa shape index (κ3) is 4.26. The van der Waals surface area contributed by atoms with E-state index in [0.717, 1.165) is 0 Å². The molecule has 1 rings (SSSR count). The third-order valence-electron chi connectivity index (χ3n) is 1.58. The van der Waals surface area contributed by atoms with Crippen molar-refractivity contribution in [3.8, 4) is 5.75 Å². The highest BCUT2D eigenvalue weighted by molar-refractivity contribution is 6.34. The molecule has 1 aromatic carbocycles. The maximum absolute atomic E-state index is 11.1. The second-order valence-corrected chi connectivity index (χ2v) is 3.67. The molecule has 0 saturated carbocycles. The van der Waals surface area contributed by atoms with E-state index in [4.69, 9.17) is 32.8 Å². The Bertz CT molecular complexity index is 371. The number of hydrogen-bond acceptors (Lipinski definition) is 3. The van der Waals surface area contributed by atoms with Crippen molar-refractivity contribution in [3.63, 3.8) is 0 Å². The molecule has 0 saturated heterocycles. The molecule has 0 fully saturated rings. The Balaban J connectivity index is 2.47. The van der Waals surface area contributed by atoms with Gasteiger partial charge >= 0.3 is 0 Å². The number of nitrogens with one attached hydrogen (secondary N) is 1. The molecule has 16 heavy (non-hydrogen) atoms. The van der Waals surface area contributed by atoms with E-state index in [9.17, 15) is 4.79 Å². The Morgan fingerprint density at radius 3 is 2.88 bits per heavy atom. The first-order valence-electron chi connectivity index (χ1n) is 4.62. The van der Waals surface area contributed by atoms with E-state index in [2.05, 4.69) is 5.48 Å². The van der Waals surface area contributed by atoms with Crippen LogP contribution in [0.4, 0.5) is 0 Å². The van der Waals surface area contributed by atoms with Gasteiger partial charge in [0.1, 0.15) is 5.75 Å². The number of hydroxylamine groups is 1. The van der Waals surface area contributed by atoms with Crippen molar-refractivity contribution in [3.05, 3.63) is 28.2 Å². The monoisotopic (exact) mass is 263 g/mol. The quantitative estimate of drug-likeness (QED) is 0.831. The Morgan fingerprint density at radius 1 is 1.44 bits per heavy atom. The van der Waals surface area contributed by atoms with Crippen LogP contribution in [0, 0.1) is 0 Å².